The lowest BCUT2D eigenvalue weighted by Gasteiger charge is -2.35. The van der Waals surface area contributed by atoms with E-state index in [1.54, 1.807) is 6.07 Å². The number of carbonyl (C=O) groups is 1. The molecule has 2 rings (SSSR count). The number of rotatable bonds is 24. The van der Waals surface area contributed by atoms with Crippen LogP contribution in [0, 0.1) is 6.92 Å². The predicted molar refractivity (Wildman–Crippen MR) is 177 cm³/mol. The molecule has 0 saturated carbocycles. The number of benzene rings is 1. The van der Waals surface area contributed by atoms with Crippen LogP contribution in [0.2, 0.25) is 0 Å². The topological polar surface area (TPSA) is 56.5 Å². The number of carbonyl (C=O) groups excluding carboxylic acids is 1. The molecular weight excluding hydrogens is 602 g/mol. The van der Waals surface area contributed by atoms with E-state index in [1.165, 1.54) is 108 Å². The van der Waals surface area contributed by atoms with E-state index in [1.807, 2.05) is 19.1 Å². The highest BCUT2D eigenvalue weighted by Crippen LogP contribution is 2.25. The number of unbranched alkanes of at least 4 members (excludes halogenated alkanes) is 14. The Balaban J connectivity index is 0.00000924. The molecule has 0 radical (unpaired) electrons. The van der Waals surface area contributed by atoms with Crippen molar-refractivity contribution >= 4 is 16.9 Å². The van der Waals surface area contributed by atoms with Gasteiger partial charge in [0.1, 0.15) is 11.3 Å². The van der Waals surface area contributed by atoms with E-state index >= 15 is 0 Å². The third-order valence-corrected chi connectivity index (χ3v) is 9.55. The van der Waals surface area contributed by atoms with Crippen LogP contribution < -0.4 is 27.3 Å². The second-order valence-corrected chi connectivity index (χ2v) is 12.4. The van der Waals surface area contributed by atoms with Crippen LogP contribution in [-0.4, -0.2) is 36.6 Å². The Bertz CT molecular complexity index is 1080. The number of ether oxygens (including phenoxy) is 1. The summed E-state index contributed by atoms with van der Waals surface area (Å²) in [6, 6.07) is 5.42. The van der Waals surface area contributed by atoms with Crippen LogP contribution in [0.25, 0.3) is 11.0 Å². The molecule has 0 bridgehead atoms. The molecule has 0 aliphatic rings. The molecular formula is C37H62BrNO4. The lowest BCUT2D eigenvalue weighted by atomic mass is 10.00. The van der Waals surface area contributed by atoms with Crippen LogP contribution in [0.3, 0.4) is 0 Å². The van der Waals surface area contributed by atoms with Crippen molar-refractivity contribution in [2.45, 2.75) is 150 Å². The molecule has 2 aromatic rings. The number of nitrogens with zero attached hydrogens (tertiary/aromatic N) is 1. The molecule has 0 atom stereocenters. The van der Waals surface area contributed by atoms with Crippen molar-refractivity contribution in [3.8, 4) is 5.75 Å². The summed E-state index contributed by atoms with van der Waals surface area (Å²) < 4.78 is 12.5. The Morgan fingerprint density at radius 1 is 0.744 bits per heavy atom. The molecule has 0 fully saturated rings. The molecule has 246 valence electrons. The van der Waals surface area contributed by atoms with Gasteiger partial charge in [0.15, 0.2) is 0 Å². The summed E-state index contributed by atoms with van der Waals surface area (Å²) in [6.07, 6.45) is 20.7. The van der Waals surface area contributed by atoms with E-state index in [2.05, 4.69) is 27.7 Å². The van der Waals surface area contributed by atoms with Gasteiger partial charge in [0.2, 0.25) is 0 Å². The number of aryl methyl sites for hydroxylation is 1. The van der Waals surface area contributed by atoms with Gasteiger partial charge in [-0.25, -0.2) is 4.79 Å². The second kappa shape index (κ2) is 22.8. The Morgan fingerprint density at radius 3 is 1.86 bits per heavy atom. The molecule has 0 unspecified atom stereocenters. The fourth-order valence-corrected chi connectivity index (χ4v) is 6.27. The van der Waals surface area contributed by atoms with E-state index in [4.69, 9.17) is 9.15 Å². The monoisotopic (exact) mass is 663 g/mol. The summed E-state index contributed by atoms with van der Waals surface area (Å²) in [5.41, 5.74) is 1.99. The van der Waals surface area contributed by atoms with Gasteiger partial charge in [-0.2, -0.15) is 0 Å². The van der Waals surface area contributed by atoms with E-state index < -0.39 is 0 Å². The number of halogens is 1. The third kappa shape index (κ3) is 14.3. The van der Waals surface area contributed by atoms with Crippen LogP contribution in [0.5, 0.6) is 5.75 Å². The van der Waals surface area contributed by atoms with Crippen molar-refractivity contribution in [3.63, 3.8) is 0 Å². The van der Waals surface area contributed by atoms with E-state index in [0.29, 0.717) is 17.8 Å². The molecule has 5 nitrogen and oxygen atoms in total. The number of hydrogen-bond acceptors (Lipinski definition) is 4. The third-order valence-electron chi connectivity index (χ3n) is 9.55. The molecule has 1 aromatic carbocycles. The highest BCUT2D eigenvalue weighted by molar-refractivity contribution is 5.83. The fraction of sp³-hybridized carbons (Fsp3) is 0.730. The van der Waals surface area contributed by atoms with Crippen LogP contribution >= 0.6 is 0 Å². The van der Waals surface area contributed by atoms with E-state index in [9.17, 15) is 9.59 Å². The molecule has 0 aliphatic carbocycles. The largest absolute Gasteiger partial charge is 1.00 e. The number of esters is 1. The zero-order chi connectivity index (χ0) is 30.6. The highest BCUT2D eigenvalue weighted by Gasteiger charge is 2.19. The second-order valence-electron chi connectivity index (χ2n) is 12.4. The Morgan fingerprint density at radius 2 is 1.28 bits per heavy atom. The fourth-order valence-electron chi connectivity index (χ4n) is 6.27. The molecule has 0 amide bonds. The van der Waals surface area contributed by atoms with Crippen LogP contribution in [-0.2, 0) is 11.2 Å². The summed E-state index contributed by atoms with van der Waals surface area (Å²) in [4.78, 5) is 25.2. The molecule has 0 spiro atoms. The van der Waals surface area contributed by atoms with Crippen LogP contribution in [0.4, 0.5) is 0 Å². The number of quaternary nitrogens is 1. The van der Waals surface area contributed by atoms with Crippen molar-refractivity contribution in [1.29, 1.82) is 0 Å². The van der Waals surface area contributed by atoms with Gasteiger partial charge in [-0.3, -0.25) is 4.79 Å². The summed E-state index contributed by atoms with van der Waals surface area (Å²) in [7, 11) is 0. The normalized spacial score (nSPS) is 11.6. The maximum atomic E-state index is 12.7. The predicted octanol–water partition coefficient (Wildman–Crippen LogP) is 7.08. The highest BCUT2D eigenvalue weighted by atomic mass is 79.9. The van der Waals surface area contributed by atoms with Crippen molar-refractivity contribution < 1.29 is 35.4 Å². The van der Waals surface area contributed by atoms with Crippen LogP contribution in [0.1, 0.15) is 148 Å². The first kappa shape index (κ1) is 39.4. The first-order chi connectivity index (χ1) is 20.4. The zero-order valence-electron chi connectivity index (χ0n) is 28.2. The van der Waals surface area contributed by atoms with Gasteiger partial charge < -0.3 is 30.6 Å². The minimum Gasteiger partial charge on any atom is -1.00 e. The molecule has 1 heterocycles. The van der Waals surface area contributed by atoms with Crippen molar-refractivity contribution in [3.05, 3.63) is 39.7 Å². The quantitative estimate of drug-likeness (QED) is 0.0396. The smallest absolute Gasteiger partial charge is 0.339 e. The summed E-state index contributed by atoms with van der Waals surface area (Å²) in [5, 5.41) is 0.920. The summed E-state index contributed by atoms with van der Waals surface area (Å²) in [5.74, 6) is 0.229. The zero-order valence-corrected chi connectivity index (χ0v) is 29.8. The standard InChI is InChI=1S/C37H62NO4.BrH/c1-6-10-11-12-13-16-19-22-25-34-31(5)33-28-27-32(30-35(33)42-37(34)40)41-36(39)26-23-20-17-14-15-18-21-24-29-38(7-2,8-3)9-4;/h27-28,30H,6-26,29H2,1-5H3;1H/q+1;/p-1. The van der Waals surface area contributed by atoms with Gasteiger partial charge in [-0.1, -0.05) is 84.0 Å². The van der Waals surface area contributed by atoms with E-state index in [0.717, 1.165) is 48.6 Å². The van der Waals surface area contributed by atoms with Crippen molar-refractivity contribution in [2.24, 2.45) is 0 Å². The maximum Gasteiger partial charge on any atom is 0.339 e. The summed E-state index contributed by atoms with van der Waals surface area (Å²) in [6.45, 7) is 16.2. The van der Waals surface area contributed by atoms with Gasteiger partial charge in [0.25, 0.3) is 0 Å². The molecule has 0 aliphatic heterocycles. The lowest BCUT2D eigenvalue weighted by Crippen LogP contribution is -3.00. The van der Waals surface area contributed by atoms with Gasteiger partial charge in [0.05, 0.1) is 26.2 Å². The Labute approximate surface area is 273 Å². The average molecular weight is 665 g/mol. The molecule has 0 N–H and O–H groups in total. The molecule has 0 saturated heterocycles. The van der Waals surface area contributed by atoms with Gasteiger partial charge in [-0.15, -0.1) is 0 Å². The van der Waals surface area contributed by atoms with Gasteiger partial charge >= 0.3 is 11.6 Å². The Hall–Kier alpha value is -1.66. The van der Waals surface area contributed by atoms with Gasteiger partial charge in [-0.05, 0) is 77.5 Å². The van der Waals surface area contributed by atoms with Gasteiger partial charge in [0, 0.05) is 23.4 Å². The first-order valence-corrected chi connectivity index (χ1v) is 17.5. The maximum absolute atomic E-state index is 12.7. The minimum absolute atomic E-state index is 0. The summed E-state index contributed by atoms with van der Waals surface area (Å²) >= 11 is 0. The average Bonchev–Trinajstić information content (AvgIpc) is 2.99. The van der Waals surface area contributed by atoms with Crippen molar-refractivity contribution in [2.75, 3.05) is 26.2 Å². The minimum atomic E-state index is -0.262. The SMILES string of the molecule is CCCCCCCCCCc1c(C)c2ccc(OC(=O)CCCCCCCCCC[N+](CC)(CC)CC)cc2oc1=O.[Br-]. The molecule has 1 aromatic heterocycles. The molecule has 6 heteroatoms. The van der Waals surface area contributed by atoms with Crippen molar-refractivity contribution in [1.82, 2.24) is 0 Å². The Kier molecular flexibility index (Phi) is 20.9. The molecule has 43 heavy (non-hydrogen) atoms. The van der Waals surface area contributed by atoms with Crippen LogP contribution in [0.15, 0.2) is 27.4 Å². The number of hydrogen-bond donors (Lipinski definition) is 0. The first-order valence-electron chi connectivity index (χ1n) is 17.5. The lowest BCUT2D eigenvalue weighted by molar-refractivity contribution is -0.923. The van der Waals surface area contributed by atoms with E-state index in [-0.39, 0.29) is 28.6 Å². The number of fused-ring (bicyclic) bond motifs is 1.